The lowest BCUT2D eigenvalue weighted by Gasteiger charge is -2.13. The lowest BCUT2D eigenvalue weighted by Crippen LogP contribution is -2.21. The van der Waals surface area contributed by atoms with Gasteiger partial charge in [-0.15, -0.1) is 0 Å². The third-order valence-electron chi connectivity index (χ3n) is 2.68. The van der Waals surface area contributed by atoms with Crippen molar-refractivity contribution < 1.29 is 9.26 Å². The molecule has 0 spiro atoms. The second-order valence-electron chi connectivity index (χ2n) is 4.95. The SMILES string of the molecule is Cc1noc(COc2c(Br)cc(CNC(C)C)cc2Br)n1. The molecule has 0 aliphatic carbocycles. The normalized spacial score (nSPS) is 11.1. The highest BCUT2D eigenvalue weighted by Crippen LogP contribution is 2.35. The number of aromatic nitrogens is 2. The van der Waals surface area contributed by atoms with Crippen LogP contribution in [0.1, 0.15) is 31.1 Å². The molecule has 21 heavy (non-hydrogen) atoms. The minimum absolute atomic E-state index is 0.238. The van der Waals surface area contributed by atoms with Gasteiger partial charge in [-0.25, -0.2) is 0 Å². The van der Waals surface area contributed by atoms with Gasteiger partial charge in [0.1, 0.15) is 5.75 Å². The van der Waals surface area contributed by atoms with Crippen LogP contribution in [0.3, 0.4) is 0 Å². The molecule has 0 radical (unpaired) electrons. The molecule has 2 rings (SSSR count). The first-order valence-corrected chi connectivity index (χ1v) is 8.17. The highest BCUT2D eigenvalue weighted by Gasteiger charge is 2.11. The topological polar surface area (TPSA) is 60.2 Å². The van der Waals surface area contributed by atoms with E-state index in [4.69, 9.17) is 9.26 Å². The van der Waals surface area contributed by atoms with Crippen LogP contribution in [0, 0.1) is 6.92 Å². The highest BCUT2D eigenvalue weighted by atomic mass is 79.9. The number of aryl methyl sites for hydroxylation is 1. The van der Waals surface area contributed by atoms with Gasteiger partial charge in [0.05, 0.1) is 8.95 Å². The van der Waals surface area contributed by atoms with Crippen LogP contribution in [0.2, 0.25) is 0 Å². The average molecular weight is 419 g/mol. The van der Waals surface area contributed by atoms with E-state index in [1.54, 1.807) is 6.92 Å². The Morgan fingerprint density at radius 2 is 1.95 bits per heavy atom. The van der Waals surface area contributed by atoms with Gasteiger partial charge < -0.3 is 14.6 Å². The number of hydrogen-bond acceptors (Lipinski definition) is 5. The molecule has 114 valence electrons. The summed E-state index contributed by atoms with van der Waals surface area (Å²) in [5, 5.41) is 7.11. The average Bonchev–Trinajstić information content (AvgIpc) is 2.81. The third-order valence-corrected chi connectivity index (χ3v) is 3.86. The van der Waals surface area contributed by atoms with Crippen molar-refractivity contribution in [3.8, 4) is 5.75 Å². The molecular formula is C14H17Br2N3O2. The molecular weight excluding hydrogens is 402 g/mol. The fourth-order valence-corrected chi connectivity index (χ4v) is 3.22. The van der Waals surface area contributed by atoms with Crippen molar-refractivity contribution in [2.75, 3.05) is 0 Å². The first-order chi connectivity index (χ1) is 9.95. The van der Waals surface area contributed by atoms with E-state index in [0.717, 1.165) is 21.2 Å². The van der Waals surface area contributed by atoms with E-state index in [1.807, 2.05) is 12.1 Å². The molecule has 1 heterocycles. The van der Waals surface area contributed by atoms with E-state index in [1.165, 1.54) is 5.56 Å². The van der Waals surface area contributed by atoms with Crippen molar-refractivity contribution in [3.63, 3.8) is 0 Å². The van der Waals surface area contributed by atoms with E-state index in [9.17, 15) is 0 Å². The number of ether oxygens (including phenoxy) is 1. The number of halogens is 2. The van der Waals surface area contributed by atoms with Crippen LogP contribution in [-0.2, 0) is 13.2 Å². The summed E-state index contributed by atoms with van der Waals surface area (Å²) < 4.78 is 12.5. The molecule has 0 saturated carbocycles. The van der Waals surface area contributed by atoms with Gasteiger partial charge in [0.25, 0.3) is 5.89 Å². The van der Waals surface area contributed by atoms with Crippen LogP contribution in [-0.4, -0.2) is 16.2 Å². The minimum atomic E-state index is 0.238. The molecule has 1 aromatic heterocycles. The molecule has 1 N–H and O–H groups in total. The van der Waals surface area contributed by atoms with E-state index in [2.05, 4.69) is 61.2 Å². The molecule has 0 unspecified atom stereocenters. The Kier molecular flexibility index (Phi) is 5.78. The Hall–Kier alpha value is -0.920. The number of nitrogens with one attached hydrogen (secondary N) is 1. The maximum absolute atomic E-state index is 5.74. The Balaban J connectivity index is 2.06. The van der Waals surface area contributed by atoms with E-state index < -0.39 is 0 Å². The molecule has 7 heteroatoms. The van der Waals surface area contributed by atoms with Gasteiger partial charge >= 0.3 is 0 Å². The molecule has 0 amide bonds. The summed E-state index contributed by atoms with van der Waals surface area (Å²) in [6.45, 7) is 7.05. The maximum atomic E-state index is 5.74. The number of hydrogen-bond donors (Lipinski definition) is 1. The maximum Gasteiger partial charge on any atom is 0.264 e. The summed E-state index contributed by atoms with van der Waals surface area (Å²) in [4.78, 5) is 4.11. The molecule has 0 aliphatic heterocycles. The summed E-state index contributed by atoms with van der Waals surface area (Å²) in [6.07, 6.45) is 0. The van der Waals surface area contributed by atoms with Gasteiger partial charge in [-0.2, -0.15) is 4.98 Å². The van der Waals surface area contributed by atoms with Crippen molar-refractivity contribution >= 4 is 31.9 Å². The second kappa shape index (κ2) is 7.38. The van der Waals surface area contributed by atoms with Gasteiger partial charge in [-0.05, 0) is 56.5 Å². The zero-order valence-corrected chi connectivity index (χ0v) is 15.3. The molecule has 2 aromatic rings. The van der Waals surface area contributed by atoms with E-state index in [-0.39, 0.29) is 6.61 Å². The predicted octanol–water partition coefficient (Wildman–Crippen LogP) is 3.98. The number of benzene rings is 1. The summed E-state index contributed by atoms with van der Waals surface area (Å²) in [5.41, 5.74) is 1.17. The quantitative estimate of drug-likeness (QED) is 0.768. The first kappa shape index (κ1) is 16.5. The van der Waals surface area contributed by atoms with Crippen LogP contribution in [0.4, 0.5) is 0 Å². The van der Waals surface area contributed by atoms with Crippen LogP contribution >= 0.6 is 31.9 Å². The van der Waals surface area contributed by atoms with Gasteiger partial charge in [0, 0.05) is 12.6 Å². The number of rotatable bonds is 6. The van der Waals surface area contributed by atoms with Gasteiger partial charge in [-0.3, -0.25) is 0 Å². The molecule has 0 saturated heterocycles. The molecule has 0 aliphatic rings. The summed E-state index contributed by atoms with van der Waals surface area (Å²) in [7, 11) is 0. The van der Waals surface area contributed by atoms with Crippen molar-refractivity contribution in [1.29, 1.82) is 0 Å². The molecule has 0 fully saturated rings. The minimum Gasteiger partial charge on any atom is -0.481 e. The highest BCUT2D eigenvalue weighted by molar-refractivity contribution is 9.11. The fourth-order valence-electron chi connectivity index (χ4n) is 1.71. The van der Waals surface area contributed by atoms with Gasteiger partial charge in [0.2, 0.25) is 0 Å². The monoisotopic (exact) mass is 417 g/mol. The van der Waals surface area contributed by atoms with E-state index in [0.29, 0.717) is 17.8 Å². The van der Waals surface area contributed by atoms with E-state index >= 15 is 0 Å². The lowest BCUT2D eigenvalue weighted by molar-refractivity contribution is 0.240. The molecule has 0 bridgehead atoms. The fraction of sp³-hybridized carbons (Fsp3) is 0.429. The zero-order valence-electron chi connectivity index (χ0n) is 12.1. The lowest BCUT2D eigenvalue weighted by atomic mass is 10.2. The second-order valence-corrected chi connectivity index (χ2v) is 6.66. The molecule has 1 aromatic carbocycles. The Morgan fingerprint density at radius 3 is 2.48 bits per heavy atom. The van der Waals surface area contributed by atoms with Gasteiger partial charge in [0.15, 0.2) is 12.4 Å². The summed E-state index contributed by atoms with van der Waals surface area (Å²) in [6, 6.07) is 4.52. The predicted molar refractivity (Wildman–Crippen MR) is 87.2 cm³/mol. The van der Waals surface area contributed by atoms with Crippen molar-refractivity contribution in [3.05, 3.63) is 38.4 Å². The summed E-state index contributed by atoms with van der Waals surface area (Å²) >= 11 is 7.07. The Morgan fingerprint density at radius 1 is 1.29 bits per heavy atom. The largest absolute Gasteiger partial charge is 0.481 e. The Bertz CT molecular complexity index is 591. The molecule has 5 nitrogen and oxygen atoms in total. The Labute approximate surface area is 140 Å². The molecule has 0 atom stereocenters. The van der Waals surface area contributed by atoms with Crippen molar-refractivity contribution in [2.24, 2.45) is 0 Å². The third kappa shape index (κ3) is 4.79. The van der Waals surface area contributed by atoms with Gasteiger partial charge in [-0.1, -0.05) is 19.0 Å². The van der Waals surface area contributed by atoms with Crippen LogP contribution in [0.25, 0.3) is 0 Å². The van der Waals surface area contributed by atoms with Crippen molar-refractivity contribution in [1.82, 2.24) is 15.5 Å². The van der Waals surface area contributed by atoms with Crippen LogP contribution < -0.4 is 10.1 Å². The standard InChI is InChI=1S/C14H17Br2N3O2/c1-8(2)17-6-10-4-11(15)14(12(16)5-10)20-7-13-18-9(3)19-21-13/h4-5,8,17H,6-7H2,1-3H3. The number of nitrogens with zero attached hydrogens (tertiary/aromatic N) is 2. The zero-order chi connectivity index (χ0) is 15.4. The van der Waals surface area contributed by atoms with Crippen molar-refractivity contribution in [2.45, 2.75) is 40.0 Å². The van der Waals surface area contributed by atoms with Crippen LogP contribution in [0.15, 0.2) is 25.6 Å². The van der Waals surface area contributed by atoms with Crippen LogP contribution in [0.5, 0.6) is 5.75 Å². The summed E-state index contributed by atoms with van der Waals surface area (Å²) in [5.74, 6) is 1.78. The smallest absolute Gasteiger partial charge is 0.264 e. The first-order valence-electron chi connectivity index (χ1n) is 6.59.